The van der Waals surface area contributed by atoms with Gasteiger partial charge in [0.05, 0.1) is 0 Å². The number of thiazole rings is 1. The molecule has 0 aliphatic heterocycles. The first-order valence-electron chi connectivity index (χ1n) is 3.82. The molecule has 0 amide bonds. The van der Waals surface area contributed by atoms with E-state index in [1.807, 2.05) is 0 Å². The normalized spacial score (nSPS) is 20.2. The second-order valence-corrected chi connectivity index (χ2v) is 5.47. The molecule has 0 fully saturated rings. The van der Waals surface area contributed by atoms with E-state index < -0.39 is 0 Å². The Morgan fingerprint density at radius 2 is 2.27 bits per heavy atom. The second kappa shape index (κ2) is 2.17. The van der Waals surface area contributed by atoms with Crippen molar-refractivity contribution >= 4 is 23.6 Å². The topological polar surface area (TPSA) is 15.8 Å². The molecule has 0 atom stereocenters. The standard InChI is InChI=1S/C8H11NS2/c1-8(2)4-3-5-6(8)9-7(10)11-5/h3-4H2,1-2H3,(H,9,10). The molecule has 0 spiro atoms. The molecule has 60 valence electrons. The molecule has 0 bridgehead atoms. The molecule has 1 aromatic heterocycles. The van der Waals surface area contributed by atoms with Gasteiger partial charge in [0.15, 0.2) is 3.95 Å². The predicted molar refractivity (Wildman–Crippen MR) is 50.9 cm³/mol. The molecule has 11 heavy (non-hydrogen) atoms. The van der Waals surface area contributed by atoms with Crippen molar-refractivity contribution in [2.45, 2.75) is 32.1 Å². The van der Waals surface area contributed by atoms with Gasteiger partial charge in [0.2, 0.25) is 0 Å². The summed E-state index contributed by atoms with van der Waals surface area (Å²) in [6.07, 6.45) is 2.47. The molecule has 0 unspecified atom stereocenters. The largest absolute Gasteiger partial charge is 0.340 e. The Morgan fingerprint density at radius 3 is 2.91 bits per heavy atom. The summed E-state index contributed by atoms with van der Waals surface area (Å²) in [5.41, 5.74) is 1.72. The quantitative estimate of drug-likeness (QED) is 0.614. The van der Waals surface area contributed by atoms with Crippen molar-refractivity contribution in [2.75, 3.05) is 0 Å². The lowest BCUT2D eigenvalue weighted by Crippen LogP contribution is -2.12. The van der Waals surface area contributed by atoms with E-state index in [0.29, 0.717) is 5.41 Å². The van der Waals surface area contributed by atoms with E-state index in [4.69, 9.17) is 12.2 Å². The van der Waals surface area contributed by atoms with Crippen molar-refractivity contribution in [3.8, 4) is 0 Å². The first-order chi connectivity index (χ1) is 5.09. The molecule has 1 nitrogen and oxygen atoms in total. The van der Waals surface area contributed by atoms with Crippen LogP contribution in [0.25, 0.3) is 0 Å². The van der Waals surface area contributed by atoms with Gasteiger partial charge in [0.25, 0.3) is 0 Å². The molecule has 0 saturated carbocycles. The number of hydrogen-bond donors (Lipinski definition) is 1. The molecule has 3 heteroatoms. The Kier molecular flexibility index (Phi) is 1.48. The van der Waals surface area contributed by atoms with Crippen LogP contribution >= 0.6 is 23.6 Å². The number of hydrogen-bond acceptors (Lipinski definition) is 2. The summed E-state index contributed by atoms with van der Waals surface area (Å²) in [6, 6.07) is 0. The number of aromatic amines is 1. The van der Waals surface area contributed by atoms with Gasteiger partial charge in [-0.25, -0.2) is 0 Å². The monoisotopic (exact) mass is 185 g/mol. The van der Waals surface area contributed by atoms with Gasteiger partial charge < -0.3 is 4.98 Å². The maximum atomic E-state index is 5.09. The number of aromatic nitrogens is 1. The lowest BCUT2D eigenvalue weighted by Gasteiger charge is -2.15. The number of aryl methyl sites for hydroxylation is 1. The zero-order chi connectivity index (χ0) is 8.06. The van der Waals surface area contributed by atoms with Crippen molar-refractivity contribution in [1.82, 2.24) is 4.98 Å². The highest BCUT2D eigenvalue weighted by Crippen LogP contribution is 2.39. The minimum atomic E-state index is 0.336. The molecule has 0 radical (unpaired) electrons. The molecule has 0 saturated heterocycles. The average molecular weight is 185 g/mol. The van der Waals surface area contributed by atoms with Crippen LogP contribution in [0.2, 0.25) is 0 Å². The third-order valence-electron chi connectivity index (χ3n) is 2.38. The van der Waals surface area contributed by atoms with E-state index in [1.165, 1.54) is 23.4 Å². The molecule has 1 aliphatic carbocycles. The molecule has 1 N–H and O–H groups in total. The van der Waals surface area contributed by atoms with Crippen molar-refractivity contribution in [3.63, 3.8) is 0 Å². The molecule has 2 rings (SSSR count). The van der Waals surface area contributed by atoms with Crippen LogP contribution in [-0.4, -0.2) is 4.98 Å². The Hall–Kier alpha value is -0.150. The number of nitrogens with one attached hydrogen (secondary N) is 1. The van der Waals surface area contributed by atoms with E-state index in [9.17, 15) is 0 Å². The first kappa shape index (κ1) is 7.50. The summed E-state index contributed by atoms with van der Waals surface area (Å²) in [4.78, 5) is 4.75. The van der Waals surface area contributed by atoms with Crippen molar-refractivity contribution < 1.29 is 0 Å². The summed E-state index contributed by atoms with van der Waals surface area (Å²) in [5, 5.41) is 0. The maximum absolute atomic E-state index is 5.09. The van der Waals surface area contributed by atoms with E-state index in [1.54, 1.807) is 11.3 Å². The molecule has 1 aromatic rings. The van der Waals surface area contributed by atoms with Gasteiger partial charge in [-0.15, -0.1) is 11.3 Å². The van der Waals surface area contributed by atoms with E-state index in [-0.39, 0.29) is 0 Å². The zero-order valence-electron chi connectivity index (χ0n) is 6.73. The van der Waals surface area contributed by atoms with Crippen LogP contribution in [0.1, 0.15) is 30.8 Å². The van der Waals surface area contributed by atoms with Crippen molar-refractivity contribution in [1.29, 1.82) is 0 Å². The molecule has 0 aromatic carbocycles. The summed E-state index contributed by atoms with van der Waals surface area (Å²) >= 11 is 6.82. The summed E-state index contributed by atoms with van der Waals surface area (Å²) in [7, 11) is 0. The molecule has 1 heterocycles. The highest BCUT2D eigenvalue weighted by Gasteiger charge is 2.31. The highest BCUT2D eigenvalue weighted by atomic mass is 32.1. The predicted octanol–water partition coefficient (Wildman–Crippen LogP) is 3.03. The van der Waals surface area contributed by atoms with Crippen molar-refractivity contribution in [2.24, 2.45) is 0 Å². The third kappa shape index (κ3) is 1.07. The molecule has 1 aliphatic rings. The molecular weight excluding hydrogens is 174 g/mol. The SMILES string of the molecule is CC1(C)CCc2sc(=S)[nH]c21. The minimum absolute atomic E-state index is 0.336. The Labute approximate surface area is 75.5 Å². The van der Waals surface area contributed by atoms with Gasteiger partial charge in [-0.1, -0.05) is 13.8 Å². The average Bonchev–Trinajstić information content (AvgIpc) is 2.35. The lowest BCUT2D eigenvalue weighted by atomic mass is 9.91. The first-order valence-corrected chi connectivity index (χ1v) is 5.04. The van der Waals surface area contributed by atoms with Gasteiger partial charge in [-0.05, 0) is 25.1 Å². The van der Waals surface area contributed by atoms with Crippen LogP contribution in [0, 0.1) is 3.95 Å². The van der Waals surface area contributed by atoms with Crippen LogP contribution < -0.4 is 0 Å². The smallest absolute Gasteiger partial charge is 0.158 e. The highest BCUT2D eigenvalue weighted by molar-refractivity contribution is 7.73. The van der Waals surface area contributed by atoms with Crippen molar-refractivity contribution in [3.05, 3.63) is 14.5 Å². The number of rotatable bonds is 0. The van der Waals surface area contributed by atoms with Gasteiger partial charge in [-0.2, -0.15) is 0 Å². The summed E-state index contributed by atoms with van der Waals surface area (Å²) < 4.78 is 0.933. The van der Waals surface area contributed by atoms with Crippen LogP contribution in [0.3, 0.4) is 0 Å². The summed E-state index contributed by atoms with van der Waals surface area (Å²) in [6.45, 7) is 4.55. The van der Waals surface area contributed by atoms with Crippen LogP contribution in [0.4, 0.5) is 0 Å². The minimum Gasteiger partial charge on any atom is -0.340 e. The summed E-state index contributed by atoms with van der Waals surface area (Å²) in [5.74, 6) is 0. The Morgan fingerprint density at radius 1 is 1.55 bits per heavy atom. The Bertz CT molecular complexity index is 332. The van der Waals surface area contributed by atoms with Crippen LogP contribution in [-0.2, 0) is 11.8 Å². The second-order valence-electron chi connectivity index (χ2n) is 3.70. The van der Waals surface area contributed by atoms with Gasteiger partial charge in [-0.3, -0.25) is 0 Å². The van der Waals surface area contributed by atoms with E-state index >= 15 is 0 Å². The van der Waals surface area contributed by atoms with E-state index in [2.05, 4.69) is 18.8 Å². The van der Waals surface area contributed by atoms with Crippen LogP contribution in [0.5, 0.6) is 0 Å². The zero-order valence-corrected chi connectivity index (χ0v) is 8.36. The van der Waals surface area contributed by atoms with Gasteiger partial charge in [0.1, 0.15) is 0 Å². The third-order valence-corrected chi connectivity index (χ3v) is 3.67. The Balaban J connectivity index is 2.62. The van der Waals surface area contributed by atoms with Gasteiger partial charge >= 0.3 is 0 Å². The fraction of sp³-hybridized carbons (Fsp3) is 0.625. The van der Waals surface area contributed by atoms with E-state index in [0.717, 1.165) is 3.95 Å². The maximum Gasteiger partial charge on any atom is 0.158 e. The number of fused-ring (bicyclic) bond motifs is 1. The molecular formula is C8H11NS2. The van der Waals surface area contributed by atoms with Gasteiger partial charge in [0, 0.05) is 16.0 Å². The fourth-order valence-corrected chi connectivity index (χ4v) is 3.05. The lowest BCUT2D eigenvalue weighted by molar-refractivity contribution is 0.509. The van der Waals surface area contributed by atoms with Crippen LogP contribution in [0.15, 0.2) is 0 Å². The fourth-order valence-electron chi connectivity index (χ4n) is 1.63. The number of H-pyrrole nitrogens is 1.